The number of aliphatic hydroxyl groups excluding tert-OH is 1. The number of hydrogen-bond acceptors (Lipinski definition) is 3. The van der Waals surface area contributed by atoms with Gasteiger partial charge in [0.1, 0.15) is 0 Å². The molecule has 0 aromatic rings. The van der Waals surface area contributed by atoms with E-state index in [1.165, 1.54) is 25.7 Å². The number of carbonyl (C=O) groups excluding carboxylic acids is 1. The van der Waals surface area contributed by atoms with Crippen LogP contribution in [-0.2, 0) is 4.79 Å². The molecule has 1 saturated carbocycles. The summed E-state index contributed by atoms with van der Waals surface area (Å²) in [4.78, 5) is 12.2. The van der Waals surface area contributed by atoms with Gasteiger partial charge in [0.2, 0.25) is 5.91 Å². The van der Waals surface area contributed by atoms with Crippen molar-refractivity contribution in [2.75, 3.05) is 6.61 Å². The average molecular weight is 254 g/mol. The quantitative estimate of drug-likeness (QED) is 0.690. The molecule has 3 N–H and O–H groups in total. The molecule has 0 spiro atoms. The first-order valence-corrected chi connectivity index (χ1v) is 7.41. The third-order valence-corrected chi connectivity index (χ3v) is 4.50. The van der Waals surface area contributed by atoms with Crippen LogP contribution in [0.15, 0.2) is 0 Å². The van der Waals surface area contributed by atoms with Gasteiger partial charge in [0.05, 0.1) is 6.04 Å². The number of amides is 1. The van der Waals surface area contributed by atoms with E-state index in [4.69, 9.17) is 5.11 Å². The van der Waals surface area contributed by atoms with E-state index in [0.29, 0.717) is 18.4 Å². The van der Waals surface area contributed by atoms with Crippen molar-refractivity contribution in [3.8, 4) is 0 Å². The summed E-state index contributed by atoms with van der Waals surface area (Å²) >= 11 is 0. The maximum atomic E-state index is 12.2. The number of fused-ring (bicyclic) bond motifs is 1. The summed E-state index contributed by atoms with van der Waals surface area (Å²) in [6, 6.07) is 0.671. The van der Waals surface area contributed by atoms with Gasteiger partial charge in [0.15, 0.2) is 0 Å². The molecule has 4 heteroatoms. The molecule has 4 nitrogen and oxygen atoms in total. The van der Waals surface area contributed by atoms with Gasteiger partial charge in [0, 0.05) is 18.7 Å². The molecule has 4 unspecified atom stereocenters. The van der Waals surface area contributed by atoms with Gasteiger partial charge in [-0.15, -0.1) is 0 Å². The van der Waals surface area contributed by atoms with Crippen LogP contribution < -0.4 is 10.6 Å². The maximum Gasteiger partial charge on any atom is 0.237 e. The smallest absolute Gasteiger partial charge is 0.237 e. The average Bonchev–Trinajstić information content (AvgIpc) is 2.82. The fourth-order valence-corrected chi connectivity index (χ4v) is 3.36. The van der Waals surface area contributed by atoms with Crippen molar-refractivity contribution in [3.05, 3.63) is 0 Å². The van der Waals surface area contributed by atoms with Crippen molar-refractivity contribution in [1.29, 1.82) is 0 Å². The first kappa shape index (κ1) is 13.8. The monoisotopic (exact) mass is 254 g/mol. The Morgan fingerprint density at radius 1 is 1.44 bits per heavy atom. The van der Waals surface area contributed by atoms with Gasteiger partial charge in [-0.3, -0.25) is 4.79 Å². The third-order valence-electron chi connectivity index (χ3n) is 4.50. The first-order chi connectivity index (χ1) is 8.74. The third kappa shape index (κ3) is 3.23. The molecule has 2 aliphatic rings. The van der Waals surface area contributed by atoms with Gasteiger partial charge < -0.3 is 15.7 Å². The number of hydrogen-bond donors (Lipinski definition) is 3. The van der Waals surface area contributed by atoms with E-state index in [1.807, 2.05) is 6.92 Å². The molecule has 1 aliphatic heterocycles. The molecule has 0 radical (unpaired) electrons. The summed E-state index contributed by atoms with van der Waals surface area (Å²) in [5.74, 6) is 0.831. The van der Waals surface area contributed by atoms with Gasteiger partial charge in [-0.25, -0.2) is 0 Å². The highest BCUT2D eigenvalue weighted by molar-refractivity contribution is 5.82. The van der Waals surface area contributed by atoms with Crippen molar-refractivity contribution in [3.63, 3.8) is 0 Å². The zero-order valence-electron chi connectivity index (χ0n) is 11.3. The first-order valence-electron chi connectivity index (χ1n) is 7.41. The lowest BCUT2D eigenvalue weighted by Gasteiger charge is -2.24. The van der Waals surface area contributed by atoms with Gasteiger partial charge in [-0.1, -0.05) is 19.8 Å². The molecule has 1 heterocycles. The summed E-state index contributed by atoms with van der Waals surface area (Å²) in [5, 5.41) is 15.5. The Labute approximate surface area is 110 Å². The topological polar surface area (TPSA) is 61.4 Å². The molecular formula is C14H26N2O2. The molecule has 1 aliphatic carbocycles. The van der Waals surface area contributed by atoms with Gasteiger partial charge in [0.25, 0.3) is 0 Å². The number of carbonyl (C=O) groups is 1. The SMILES string of the molecule is CCC(CCO)NC(=O)C1CC2CCCCC2N1. The Morgan fingerprint density at radius 3 is 2.89 bits per heavy atom. The summed E-state index contributed by atoms with van der Waals surface area (Å²) in [6.07, 6.45) is 7.64. The molecule has 18 heavy (non-hydrogen) atoms. The van der Waals surface area contributed by atoms with Crippen LogP contribution >= 0.6 is 0 Å². The fourth-order valence-electron chi connectivity index (χ4n) is 3.36. The van der Waals surface area contributed by atoms with E-state index in [1.54, 1.807) is 0 Å². The number of aliphatic hydroxyl groups is 1. The van der Waals surface area contributed by atoms with Crippen LogP contribution in [0, 0.1) is 5.92 Å². The Balaban J connectivity index is 1.82. The summed E-state index contributed by atoms with van der Waals surface area (Å²) in [5.41, 5.74) is 0. The second-order valence-corrected chi connectivity index (χ2v) is 5.73. The predicted molar refractivity (Wildman–Crippen MR) is 71.2 cm³/mol. The standard InChI is InChI=1S/C14H26N2O2/c1-2-11(7-8-17)15-14(18)13-9-10-5-3-4-6-12(10)16-13/h10-13,16-17H,2-9H2,1H3,(H,15,18). The normalized spacial score (nSPS) is 32.9. The van der Waals surface area contributed by atoms with Gasteiger partial charge in [-0.2, -0.15) is 0 Å². The Kier molecular flexibility index (Phi) is 5.01. The van der Waals surface area contributed by atoms with E-state index in [9.17, 15) is 4.79 Å². The van der Waals surface area contributed by atoms with Crippen molar-refractivity contribution in [1.82, 2.24) is 10.6 Å². The molecule has 4 atom stereocenters. The van der Waals surface area contributed by atoms with Crippen molar-refractivity contribution in [2.24, 2.45) is 5.92 Å². The van der Waals surface area contributed by atoms with Crippen LogP contribution in [0.3, 0.4) is 0 Å². The molecule has 104 valence electrons. The lowest BCUT2D eigenvalue weighted by molar-refractivity contribution is -0.123. The molecule has 2 fully saturated rings. The predicted octanol–water partition coefficient (Wildman–Crippen LogP) is 1.18. The molecule has 2 rings (SSSR count). The van der Waals surface area contributed by atoms with E-state index >= 15 is 0 Å². The number of rotatable bonds is 5. The zero-order chi connectivity index (χ0) is 13.0. The Bertz CT molecular complexity index is 269. The van der Waals surface area contributed by atoms with Crippen molar-refractivity contribution >= 4 is 5.91 Å². The maximum absolute atomic E-state index is 12.2. The fraction of sp³-hybridized carbons (Fsp3) is 0.929. The van der Waals surface area contributed by atoms with Crippen LogP contribution in [0.25, 0.3) is 0 Å². The molecular weight excluding hydrogens is 228 g/mol. The second kappa shape index (κ2) is 6.53. The number of nitrogens with one attached hydrogen (secondary N) is 2. The van der Waals surface area contributed by atoms with E-state index in [2.05, 4.69) is 10.6 Å². The highest BCUT2D eigenvalue weighted by Crippen LogP contribution is 2.33. The van der Waals surface area contributed by atoms with Crippen LogP contribution in [0.1, 0.15) is 51.9 Å². The highest BCUT2D eigenvalue weighted by atomic mass is 16.3. The van der Waals surface area contributed by atoms with E-state index < -0.39 is 0 Å². The van der Waals surface area contributed by atoms with Crippen molar-refractivity contribution in [2.45, 2.75) is 70.0 Å². The van der Waals surface area contributed by atoms with Gasteiger partial charge >= 0.3 is 0 Å². The lowest BCUT2D eigenvalue weighted by atomic mass is 9.85. The van der Waals surface area contributed by atoms with Crippen LogP contribution in [0.5, 0.6) is 0 Å². The van der Waals surface area contributed by atoms with Crippen LogP contribution in [0.4, 0.5) is 0 Å². The van der Waals surface area contributed by atoms with Crippen LogP contribution in [0.2, 0.25) is 0 Å². The highest BCUT2D eigenvalue weighted by Gasteiger charge is 2.38. The summed E-state index contributed by atoms with van der Waals surface area (Å²) < 4.78 is 0. The largest absolute Gasteiger partial charge is 0.396 e. The lowest BCUT2D eigenvalue weighted by Crippen LogP contribution is -2.46. The summed E-state index contributed by atoms with van der Waals surface area (Å²) in [6.45, 7) is 2.19. The molecule has 0 aromatic carbocycles. The summed E-state index contributed by atoms with van der Waals surface area (Å²) in [7, 11) is 0. The zero-order valence-corrected chi connectivity index (χ0v) is 11.3. The Morgan fingerprint density at radius 2 is 2.22 bits per heavy atom. The van der Waals surface area contributed by atoms with Gasteiger partial charge in [-0.05, 0) is 38.0 Å². The van der Waals surface area contributed by atoms with Crippen molar-refractivity contribution < 1.29 is 9.90 Å². The van der Waals surface area contributed by atoms with Crippen LogP contribution in [-0.4, -0.2) is 35.7 Å². The minimum atomic E-state index is -0.00848. The minimum Gasteiger partial charge on any atom is -0.396 e. The van der Waals surface area contributed by atoms with E-state index in [0.717, 1.165) is 12.8 Å². The molecule has 1 amide bonds. The molecule has 0 bridgehead atoms. The molecule has 1 saturated heterocycles. The second-order valence-electron chi connectivity index (χ2n) is 5.73. The van der Waals surface area contributed by atoms with E-state index in [-0.39, 0.29) is 24.6 Å². The molecule has 0 aromatic heterocycles. The Hall–Kier alpha value is -0.610. The minimum absolute atomic E-state index is 0.00848.